The van der Waals surface area contributed by atoms with Gasteiger partial charge in [0.2, 0.25) is 0 Å². The van der Waals surface area contributed by atoms with Crippen molar-refractivity contribution >= 4 is 21.8 Å². The number of nitrogens with one attached hydrogen (secondary N) is 1. The first-order chi connectivity index (χ1) is 10.2. The molecule has 2 heterocycles. The van der Waals surface area contributed by atoms with Crippen LogP contribution in [0.1, 0.15) is 23.7 Å². The van der Waals surface area contributed by atoms with E-state index in [0.29, 0.717) is 10.9 Å². The highest BCUT2D eigenvalue weighted by Gasteiger charge is 2.13. The number of hydrogen-bond acceptors (Lipinski definition) is 3. The quantitative estimate of drug-likeness (QED) is 0.805. The van der Waals surface area contributed by atoms with E-state index in [4.69, 9.17) is 0 Å². The number of aromatic amines is 1. The number of rotatable bonds is 4. The molecule has 1 unspecified atom stereocenters. The molecule has 0 aliphatic rings. The normalized spacial score (nSPS) is 12.7. The Morgan fingerprint density at radius 3 is 2.95 bits per heavy atom. The van der Waals surface area contributed by atoms with Crippen LogP contribution in [0.15, 0.2) is 41.7 Å². The fourth-order valence-electron chi connectivity index (χ4n) is 2.32. The Kier molecular flexibility index (Phi) is 3.84. The second-order valence-corrected chi connectivity index (χ2v) is 6.38. The number of imidazole rings is 1. The lowest BCUT2D eigenvalue weighted by Crippen LogP contribution is -2.03. The molecule has 1 aromatic carbocycles. The van der Waals surface area contributed by atoms with Crippen molar-refractivity contribution in [3.63, 3.8) is 0 Å². The Hall–Kier alpha value is -2.01. The molecule has 0 aliphatic carbocycles. The maximum absolute atomic E-state index is 12.5. The molecule has 0 radical (unpaired) electrons. The zero-order chi connectivity index (χ0) is 14.8. The molecule has 2 aromatic heterocycles. The molecule has 1 atom stereocenters. The van der Waals surface area contributed by atoms with Crippen LogP contribution in [-0.4, -0.2) is 19.2 Å². The van der Waals surface area contributed by atoms with Crippen LogP contribution >= 0.6 is 0 Å². The van der Waals surface area contributed by atoms with Crippen molar-refractivity contribution < 1.29 is 4.21 Å². The molecule has 0 amide bonds. The van der Waals surface area contributed by atoms with Crippen LogP contribution in [-0.2, 0) is 23.0 Å². The van der Waals surface area contributed by atoms with E-state index in [0.717, 1.165) is 34.3 Å². The summed E-state index contributed by atoms with van der Waals surface area (Å²) in [5.74, 6) is 0.392. The van der Waals surface area contributed by atoms with Gasteiger partial charge in [-0.25, -0.2) is 4.98 Å². The molecule has 1 N–H and O–H groups in total. The zero-order valence-electron chi connectivity index (χ0n) is 12.1. The second kappa shape index (κ2) is 5.77. The number of aryl methyl sites for hydroxylation is 2. The number of H-pyrrole nitrogens is 1. The van der Waals surface area contributed by atoms with E-state index in [1.54, 1.807) is 6.20 Å². The van der Waals surface area contributed by atoms with Gasteiger partial charge in [0.25, 0.3) is 0 Å². The summed E-state index contributed by atoms with van der Waals surface area (Å²) in [5, 5.41) is 0.517. The van der Waals surface area contributed by atoms with Crippen LogP contribution in [0.4, 0.5) is 0 Å². The van der Waals surface area contributed by atoms with Gasteiger partial charge < -0.3 is 4.98 Å². The first-order valence-electron chi connectivity index (χ1n) is 6.95. The minimum atomic E-state index is -1.21. The number of fused-ring (bicyclic) bond motifs is 1. The summed E-state index contributed by atoms with van der Waals surface area (Å²) >= 11 is 0. The Labute approximate surface area is 126 Å². The highest BCUT2D eigenvalue weighted by atomic mass is 32.2. The summed E-state index contributed by atoms with van der Waals surface area (Å²) in [5.41, 5.74) is 4.95. The van der Waals surface area contributed by atoms with Gasteiger partial charge in [-0.15, -0.1) is 0 Å². The van der Waals surface area contributed by atoms with Gasteiger partial charge in [-0.2, -0.15) is 0 Å². The average Bonchev–Trinajstić information content (AvgIpc) is 2.91. The standard InChI is InChI=1S/C16H17N3OS/c1-3-12-5-4-8-17-15(12)10-21(20)16-18-13-7-6-11(2)9-14(13)19-16/h4-9H,3,10H2,1-2H3,(H,18,19). The number of benzene rings is 1. The van der Waals surface area contributed by atoms with Crippen molar-refractivity contribution in [3.8, 4) is 0 Å². The number of hydrogen-bond donors (Lipinski definition) is 1. The van der Waals surface area contributed by atoms with Crippen LogP contribution in [0.2, 0.25) is 0 Å². The van der Waals surface area contributed by atoms with E-state index in [2.05, 4.69) is 21.9 Å². The summed E-state index contributed by atoms with van der Waals surface area (Å²) < 4.78 is 12.5. The third-order valence-corrected chi connectivity index (χ3v) is 4.62. The lowest BCUT2D eigenvalue weighted by atomic mass is 10.1. The summed E-state index contributed by atoms with van der Waals surface area (Å²) in [6.07, 6.45) is 2.63. The molecular weight excluding hydrogens is 282 g/mol. The van der Waals surface area contributed by atoms with Gasteiger partial charge in [0, 0.05) is 6.20 Å². The maximum Gasteiger partial charge on any atom is 0.197 e. The maximum atomic E-state index is 12.5. The van der Waals surface area contributed by atoms with Crippen molar-refractivity contribution in [2.75, 3.05) is 0 Å². The summed E-state index contributed by atoms with van der Waals surface area (Å²) in [7, 11) is -1.21. The molecule has 3 rings (SSSR count). The first-order valence-corrected chi connectivity index (χ1v) is 8.27. The first kappa shape index (κ1) is 13.9. The van der Waals surface area contributed by atoms with Crippen LogP contribution < -0.4 is 0 Å². The predicted molar refractivity (Wildman–Crippen MR) is 84.6 cm³/mol. The van der Waals surface area contributed by atoms with E-state index in [1.807, 2.05) is 37.3 Å². The third kappa shape index (κ3) is 2.88. The van der Waals surface area contributed by atoms with E-state index in [1.165, 1.54) is 0 Å². The van der Waals surface area contributed by atoms with Gasteiger partial charge in [-0.1, -0.05) is 19.1 Å². The molecule has 0 spiro atoms. The van der Waals surface area contributed by atoms with Crippen molar-refractivity contribution in [2.24, 2.45) is 0 Å². The molecule has 21 heavy (non-hydrogen) atoms. The van der Waals surface area contributed by atoms with Gasteiger partial charge in [-0.05, 0) is 42.7 Å². The number of aromatic nitrogens is 3. The third-order valence-electron chi connectivity index (χ3n) is 3.46. The SMILES string of the molecule is CCc1cccnc1CS(=O)c1nc2ccc(C)cc2[nH]1. The topological polar surface area (TPSA) is 58.6 Å². The second-order valence-electron chi connectivity index (χ2n) is 5.02. The minimum absolute atomic E-state index is 0.392. The van der Waals surface area contributed by atoms with Crippen LogP contribution in [0, 0.1) is 6.92 Å². The van der Waals surface area contributed by atoms with E-state index >= 15 is 0 Å². The molecule has 3 aromatic rings. The summed E-state index contributed by atoms with van der Waals surface area (Å²) in [6, 6.07) is 9.90. The van der Waals surface area contributed by atoms with Gasteiger partial charge >= 0.3 is 0 Å². The van der Waals surface area contributed by atoms with E-state index in [-0.39, 0.29) is 0 Å². The van der Waals surface area contributed by atoms with Crippen molar-refractivity contribution in [3.05, 3.63) is 53.3 Å². The van der Waals surface area contributed by atoms with Crippen molar-refractivity contribution in [1.29, 1.82) is 0 Å². The molecule has 0 saturated heterocycles. The Bertz CT molecular complexity index is 810. The lowest BCUT2D eigenvalue weighted by Gasteiger charge is -2.04. The van der Waals surface area contributed by atoms with E-state index < -0.39 is 10.8 Å². The lowest BCUT2D eigenvalue weighted by molar-refractivity contribution is 0.676. The van der Waals surface area contributed by atoms with Crippen LogP contribution in [0.5, 0.6) is 0 Å². The fourth-order valence-corrected chi connectivity index (χ4v) is 3.39. The van der Waals surface area contributed by atoms with Gasteiger partial charge in [0.15, 0.2) is 5.16 Å². The smallest absolute Gasteiger partial charge is 0.197 e. The van der Waals surface area contributed by atoms with Crippen LogP contribution in [0.3, 0.4) is 0 Å². The predicted octanol–water partition coefficient (Wildman–Crippen LogP) is 3.14. The summed E-state index contributed by atoms with van der Waals surface area (Å²) in [4.78, 5) is 11.9. The fraction of sp³-hybridized carbons (Fsp3) is 0.250. The highest BCUT2D eigenvalue weighted by Crippen LogP contribution is 2.17. The molecule has 0 aliphatic heterocycles. The molecule has 5 heteroatoms. The molecule has 0 fully saturated rings. The largest absolute Gasteiger partial charge is 0.331 e. The van der Waals surface area contributed by atoms with Crippen LogP contribution in [0.25, 0.3) is 11.0 Å². The number of nitrogens with zero attached hydrogens (tertiary/aromatic N) is 2. The van der Waals surface area contributed by atoms with Gasteiger partial charge in [0.05, 0.1) is 33.3 Å². The van der Waals surface area contributed by atoms with Gasteiger partial charge in [0.1, 0.15) is 0 Å². The molecule has 108 valence electrons. The Balaban J connectivity index is 1.90. The Morgan fingerprint density at radius 2 is 2.14 bits per heavy atom. The zero-order valence-corrected chi connectivity index (χ0v) is 12.9. The number of pyridine rings is 1. The average molecular weight is 299 g/mol. The van der Waals surface area contributed by atoms with Gasteiger partial charge in [-0.3, -0.25) is 9.19 Å². The van der Waals surface area contributed by atoms with E-state index in [9.17, 15) is 4.21 Å². The van der Waals surface area contributed by atoms with Crippen molar-refractivity contribution in [1.82, 2.24) is 15.0 Å². The molecule has 0 saturated carbocycles. The molecule has 4 nitrogen and oxygen atoms in total. The molecule has 0 bridgehead atoms. The molecular formula is C16H17N3OS. The summed E-state index contributed by atoms with van der Waals surface area (Å²) in [6.45, 7) is 4.10. The van der Waals surface area contributed by atoms with Crippen molar-refractivity contribution in [2.45, 2.75) is 31.2 Å². The minimum Gasteiger partial charge on any atom is -0.331 e. The highest BCUT2D eigenvalue weighted by molar-refractivity contribution is 7.84. The monoisotopic (exact) mass is 299 g/mol. The Morgan fingerprint density at radius 1 is 1.29 bits per heavy atom.